The zero-order valence-electron chi connectivity index (χ0n) is 4.66. The van der Waals surface area contributed by atoms with Gasteiger partial charge in [0, 0.05) is 16.8 Å². The summed E-state index contributed by atoms with van der Waals surface area (Å²) in [4.78, 5) is 0. The lowest BCUT2D eigenvalue weighted by atomic mass is 10.3. The second kappa shape index (κ2) is 1.81. The van der Waals surface area contributed by atoms with Gasteiger partial charge in [-0.05, 0) is 11.5 Å². The number of benzene rings is 1. The van der Waals surface area contributed by atoms with Crippen molar-refractivity contribution >= 4 is 22.4 Å². The Labute approximate surface area is 57.1 Å². The summed E-state index contributed by atoms with van der Waals surface area (Å²) in [6.45, 7) is 0. The van der Waals surface area contributed by atoms with Crippen LogP contribution in [0.5, 0.6) is 0 Å². The molecule has 0 amide bonds. The highest BCUT2D eigenvalue weighted by Crippen LogP contribution is 2.12. The lowest BCUT2D eigenvalue weighted by molar-refractivity contribution is 1.65. The number of hydrogen-bond acceptors (Lipinski definition) is 2. The summed E-state index contributed by atoms with van der Waals surface area (Å²) in [6, 6.07) is 8.91. The van der Waals surface area contributed by atoms with Gasteiger partial charge in [-0.1, -0.05) is 18.2 Å². The Morgan fingerprint density at radius 1 is 1.56 bits per heavy atom. The molecule has 0 unspecified atom stereocenters. The summed E-state index contributed by atoms with van der Waals surface area (Å²) in [5.74, 6) is 0. The van der Waals surface area contributed by atoms with E-state index < -0.39 is 0 Å². The molecule has 1 radical (unpaired) electrons. The summed E-state index contributed by atoms with van der Waals surface area (Å²) in [7, 11) is 0. The molecule has 0 bridgehead atoms. The monoisotopic (exact) mass is 134 g/mol. The molecule has 1 aromatic carbocycles. The van der Waals surface area contributed by atoms with Crippen molar-refractivity contribution in [3.05, 3.63) is 29.6 Å². The highest BCUT2D eigenvalue weighted by Gasteiger charge is 1.90. The highest BCUT2D eigenvalue weighted by molar-refractivity contribution is 7.04. The van der Waals surface area contributed by atoms with Crippen LogP contribution < -0.4 is 0 Å². The summed E-state index contributed by atoms with van der Waals surface area (Å²) in [5, 5.41) is 3.20. The SMILES string of the molecule is [c]1cccc2csnc12. The van der Waals surface area contributed by atoms with Gasteiger partial charge in [0.2, 0.25) is 0 Å². The van der Waals surface area contributed by atoms with Crippen LogP contribution in [0.15, 0.2) is 23.6 Å². The minimum absolute atomic E-state index is 0.975. The summed E-state index contributed by atoms with van der Waals surface area (Å²) < 4.78 is 4.10. The topological polar surface area (TPSA) is 12.9 Å². The van der Waals surface area contributed by atoms with Gasteiger partial charge in [-0.25, -0.2) is 0 Å². The molecule has 2 aromatic rings. The van der Waals surface area contributed by atoms with E-state index in [1.54, 1.807) is 0 Å². The van der Waals surface area contributed by atoms with E-state index in [0.29, 0.717) is 0 Å². The van der Waals surface area contributed by atoms with Crippen molar-refractivity contribution in [2.24, 2.45) is 0 Å². The number of aromatic nitrogens is 1. The van der Waals surface area contributed by atoms with E-state index in [9.17, 15) is 0 Å². The standard InChI is InChI=1S/C7H4NS/c1-2-4-7-6(3-1)5-9-8-7/h1-3,5H. The first-order valence-electron chi connectivity index (χ1n) is 2.67. The van der Waals surface area contributed by atoms with Crippen molar-refractivity contribution in [2.75, 3.05) is 0 Å². The Morgan fingerprint density at radius 3 is 3.44 bits per heavy atom. The molecule has 9 heavy (non-hydrogen) atoms. The number of rotatable bonds is 0. The fourth-order valence-electron chi connectivity index (χ4n) is 0.751. The third kappa shape index (κ3) is 0.715. The van der Waals surface area contributed by atoms with Gasteiger partial charge >= 0.3 is 0 Å². The smallest absolute Gasteiger partial charge is 0.0919 e. The Bertz CT molecular complexity index is 283. The first-order chi connectivity index (χ1) is 4.47. The van der Waals surface area contributed by atoms with Crippen molar-refractivity contribution in [3.8, 4) is 0 Å². The van der Waals surface area contributed by atoms with Crippen molar-refractivity contribution in [2.45, 2.75) is 0 Å². The summed E-state index contributed by atoms with van der Waals surface area (Å²) in [6.07, 6.45) is 0. The van der Waals surface area contributed by atoms with Crippen LogP contribution >= 0.6 is 11.5 Å². The summed E-state index contributed by atoms with van der Waals surface area (Å²) in [5.41, 5.74) is 0.975. The fraction of sp³-hybridized carbons (Fsp3) is 0. The van der Waals surface area contributed by atoms with Gasteiger partial charge in [0.25, 0.3) is 0 Å². The number of nitrogens with zero attached hydrogens (tertiary/aromatic N) is 1. The maximum absolute atomic E-state index is 4.10. The Morgan fingerprint density at radius 2 is 2.56 bits per heavy atom. The van der Waals surface area contributed by atoms with Crippen molar-refractivity contribution in [3.63, 3.8) is 0 Å². The quantitative estimate of drug-likeness (QED) is 0.537. The van der Waals surface area contributed by atoms with E-state index >= 15 is 0 Å². The summed E-state index contributed by atoms with van der Waals surface area (Å²) >= 11 is 1.47. The maximum Gasteiger partial charge on any atom is 0.0919 e. The molecule has 0 saturated carbocycles. The lowest BCUT2D eigenvalue weighted by Crippen LogP contribution is -1.62. The first-order valence-corrected chi connectivity index (χ1v) is 3.51. The molecule has 0 aliphatic carbocycles. The van der Waals surface area contributed by atoms with Crippen LogP contribution in [0.4, 0.5) is 0 Å². The molecule has 1 heterocycles. The molecule has 0 saturated heterocycles. The predicted molar refractivity (Wildman–Crippen MR) is 38.5 cm³/mol. The van der Waals surface area contributed by atoms with E-state index in [1.807, 2.05) is 23.6 Å². The largest absolute Gasteiger partial charge is 0.192 e. The lowest BCUT2D eigenvalue weighted by Gasteiger charge is -1.79. The number of hydrogen-bond donors (Lipinski definition) is 0. The van der Waals surface area contributed by atoms with E-state index in [0.717, 1.165) is 5.52 Å². The molecule has 2 rings (SSSR count). The van der Waals surface area contributed by atoms with E-state index in [1.165, 1.54) is 16.9 Å². The van der Waals surface area contributed by atoms with Crippen LogP contribution in [0.3, 0.4) is 0 Å². The van der Waals surface area contributed by atoms with Gasteiger partial charge in [-0.3, -0.25) is 0 Å². The Hall–Kier alpha value is -0.890. The van der Waals surface area contributed by atoms with Crippen molar-refractivity contribution < 1.29 is 0 Å². The average Bonchev–Trinajstić information content (AvgIpc) is 2.33. The molecule has 1 aromatic heterocycles. The van der Waals surface area contributed by atoms with E-state index in [4.69, 9.17) is 0 Å². The van der Waals surface area contributed by atoms with E-state index in [-0.39, 0.29) is 0 Å². The van der Waals surface area contributed by atoms with Gasteiger partial charge < -0.3 is 0 Å². The van der Waals surface area contributed by atoms with Gasteiger partial charge in [-0.2, -0.15) is 4.37 Å². The molecule has 0 N–H and O–H groups in total. The minimum Gasteiger partial charge on any atom is -0.192 e. The fourth-order valence-corrected chi connectivity index (χ4v) is 1.37. The third-order valence-electron chi connectivity index (χ3n) is 1.19. The zero-order chi connectivity index (χ0) is 6.10. The Balaban J connectivity index is 2.95. The maximum atomic E-state index is 4.10. The molecule has 1 nitrogen and oxygen atoms in total. The second-order valence-electron chi connectivity index (χ2n) is 1.79. The molecule has 43 valence electrons. The van der Waals surface area contributed by atoms with Crippen LogP contribution in [-0.4, -0.2) is 4.37 Å². The van der Waals surface area contributed by atoms with Gasteiger partial charge in [0.15, 0.2) is 0 Å². The van der Waals surface area contributed by atoms with Gasteiger partial charge in [0.1, 0.15) is 0 Å². The molecule has 0 aliphatic heterocycles. The van der Waals surface area contributed by atoms with Gasteiger partial charge in [-0.15, -0.1) is 0 Å². The van der Waals surface area contributed by atoms with Crippen LogP contribution in [0.25, 0.3) is 10.9 Å². The molecule has 0 spiro atoms. The molecular weight excluding hydrogens is 130 g/mol. The molecule has 2 heteroatoms. The molecular formula is C7H4NS. The first kappa shape index (κ1) is 4.94. The normalized spacial score (nSPS) is 10.2. The highest BCUT2D eigenvalue weighted by atomic mass is 32.1. The second-order valence-corrected chi connectivity index (χ2v) is 2.42. The minimum atomic E-state index is 0.975. The number of fused-ring (bicyclic) bond motifs is 1. The average molecular weight is 134 g/mol. The van der Waals surface area contributed by atoms with Crippen LogP contribution in [0, 0.1) is 6.07 Å². The molecule has 0 fully saturated rings. The zero-order valence-corrected chi connectivity index (χ0v) is 5.48. The third-order valence-corrected chi connectivity index (χ3v) is 1.84. The molecule has 0 aliphatic rings. The van der Waals surface area contributed by atoms with Gasteiger partial charge in [0.05, 0.1) is 5.52 Å². The Kier molecular flexibility index (Phi) is 0.993. The van der Waals surface area contributed by atoms with Crippen LogP contribution in [0.1, 0.15) is 0 Å². The van der Waals surface area contributed by atoms with Crippen molar-refractivity contribution in [1.82, 2.24) is 4.37 Å². The predicted octanol–water partition coefficient (Wildman–Crippen LogP) is 2.10. The van der Waals surface area contributed by atoms with Crippen LogP contribution in [0.2, 0.25) is 0 Å². The molecule has 0 atom stereocenters. The van der Waals surface area contributed by atoms with Crippen molar-refractivity contribution in [1.29, 1.82) is 0 Å². The van der Waals surface area contributed by atoms with E-state index in [2.05, 4.69) is 10.4 Å². The van der Waals surface area contributed by atoms with Crippen LogP contribution in [-0.2, 0) is 0 Å².